The molecule has 4 heteroatoms. The van der Waals surface area contributed by atoms with Crippen LogP contribution in [0.25, 0.3) is 0 Å². The molecule has 1 aromatic carbocycles. The Morgan fingerprint density at radius 2 is 2.04 bits per heavy atom. The minimum absolute atomic E-state index is 0.386. The van der Waals surface area contributed by atoms with Crippen LogP contribution in [0.15, 0.2) is 48.8 Å². The van der Waals surface area contributed by atoms with E-state index in [0.29, 0.717) is 17.5 Å². The van der Waals surface area contributed by atoms with Crippen molar-refractivity contribution >= 4 is 11.8 Å². The zero-order valence-electron chi connectivity index (χ0n) is 14.1. The van der Waals surface area contributed by atoms with Gasteiger partial charge in [-0.3, -0.25) is 9.88 Å². The minimum atomic E-state index is 0.386. The van der Waals surface area contributed by atoms with Crippen LogP contribution in [0, 0.1) is 6.92 Å². The highest BCUT2D eigenvalue weighted by Crippen LogP contribution is 2.46. The Kier molecular flexibility index (Phi) is 4.61. The Morgan fingerprint density at radius 1 is 1.21 bits per heavy atom. The predicted molar refractivity (Wildman–Crippen MR) is 99.1 cm³/mol. The molecule has 2 fully saturated rings. The normalized spacial score (nSPS) is 22.6. The van der Waals surface area contributed by atoms with Gasteiger partial charge in [0.1, 0.15) is 0 Å². The summed E-state index contributed by atoms with van der Waals surface area (Å²) in [7, 11) is 0. The fourth-order valence-electron chi connectivity index (χ4n) is 3.66. The van der Waals surface area contributed by atoms with Crippen molar-refractivity contribution in [1.29, 1.82) is 0 Å². The number of aryl methyl sites for hydroxylation is 1. The lowest BCUT2D eigenvalue weighted by Gasteiger charge is -2.47. The highest BCUT2D eigenvalue weighted by Gasteiger charge is 2.49. The van der Waals surface area contributed by atoms with E-state index in [1.54, 1.807) is 6.20 Å². The lowest BCUT2D eigenvalue weighted by molar-refractivity contribution is 0.0263. The van der Waals surface area contributed by atoms with Crippen LogP contribution < -0.4 is 0 Å². The lowest BCUT2D eigenvalue weighted by atomic mass is 9.92. The molecule has 3 nitrogen and oxygen atoms in total. The van der Waals surface area contributed by atoms with E-state index in [1.165, 1.54) is 30.6 Å². The second kappa shape index (κ2) is 6.87. The molecule has 2 aliphatic heterocycles. The highest BCUT2D eigenvalue weighted by molar-refractivity contribution is 8.01. The van der Waals surface area contributed by atoms with Crippen LogP contribution in [0.4, 0.5) is 0 Å². The van der Waals surface area contributed by atoms with Crippen LogP contribution in [0.2, 0.25) is 0 Å². The van der Waals surface area contributed by atoms with E-state index >= 15 is 0 Å². The second-order valence-corrected chi connectivity index (χ2v) is 8.61. The van der Waals surface area contributed by atoms with Crippen LogP contribution in [0.1, 0.15) is 23.1 Å². The van der Waals surface area contributed by atoms with Gasteiger partial charge in [-0.2, -0.15) is 0 Å². The summed E-state index contributed by atoms with van der Waals surface area (Å²) in [6.07, 6.45) is 5.27. The number of benzene rings is 1. The summed E-state index contributed by atoms with van der Waals surface area (Å²) in [5, 5.41) is 0. The maximum atomic E-state index is 6.11. The number of pyridine rings is 1. The number of ether oxygens (including phenoxy) is 1. The second-order valence-electron chi connectivity index (χ2n) is 7.12. The summed E-state index contributed by atoms with van der Waals surface area (Å²) in [4.78, 5) is 6.71. The lowest BCUT2D eigenvalue weighted by Crippen LogP contribution is -2.58. The topological polar surface area (TPSA) is 25.4 Å². The SMILES string of the molecule is Cc1ccc(CN2CC3(C[C@@H](OCc4cccnc4)CS3)C2)cc1. The van der Waals surface area contributed by atoms with E-state index in [4.69, 9.17) is 4.74 Å². The molecule has 24 heavy (non-hydrogen) atoms. The van der Waals surface area contributed by atoms with Crippen molar-refractivity contribution in [2.24, 2.45) is 0 Å². The minimum Gasteiger partial charge on any atom is -0.373 e. The third-order valence-corrected chi connectivity index (χ3v) is 6.51. The first-order chi connectivity index (χ1) is 11.7. The number of rotatable bonds is 5. The molecule has 2 aromatic rings. The van der Waals surface area contributed by atoms with Gasteiger partial charge >= 0.3 is 0 Å². The first-order valence-corrected chi connectivity index (χ1v) is 9.62. The first-order valence-electron chi connectivity index (χ1n) is 8.63. The molecule has 0 unspecified atom stereocenters. The molecule has 126 valence electrons. The predicted octanol–water partition coefficient (Wildman–Crippen LogP) is 3.67. The van der Waals surface area contributed by atoms with Gasteiger partial charge in [-0.15, -0.1) is 11.8 Å². The third kappa shape index (κ3) is 3.66. The molecule has 0 amide bonds. The highest BCUT2D eigenvalue weighted by atomic mass is 32.2. The molecular weight excluding hydrogens is 316 g/mol. The summed E-state index contributed by atoms with van der Waals surface area (Å²) < 4.78 is 6.54. The molecular formula is C20H24N2OS. The molecule has 2 aliphatic rings. The van der Waals surface area contributed by atoms with Gasteiger partial charge in [-0.05, 0) is 30.5 Å². The standard InChI is InChI=1S/C20H24N2OS/c1-16-4-6-17(7-5-16)11-22-14-20(15-22)9-19(13-24-20)23-12-18-3-2-8-21-10-18/h2-8,10,19H,9,11-15H2,1H3/t19-/m1/s1. The summed E-state index contributed by atoms with van der Waals surface area (Å²) in [6, 6.07) is 13.0. The number of thioether (sulfide) groups is 1. The van der Waals surface area contributed by atoms with Gasteiger partial charge in [0.15, 0.2) is 0 Å². The third-order valence-electron chi connectivity index (χ3n) is 4.93. The first kappa shape index (κ1) is 16.1. The van der Waals surface area contributed by atoms with E-state index in [2.05, 4.69) is 58.9 Å². The van der Waals surface area contributed by atoms with Crippen LogP contribution in [0.3, 0.4) is 0 Å². The smallest absolute Gasteiger partial charge is 0.0736 e. The number of aromatic nitrogens is 1. The number of nitrogens with zero attached hydrogens (tertiary/aromatic N) is 2. The monoisotopic (exact) mass is 340 g/mol. The number of likely N-dealkylation sites (tertiary alicyclic amines) is 1. The van der Waals surface area contributed by atoms with Gasteiger partial charge in [-0.1, -0.05) is 35.9 Å². The van der Waals surface area contributed by atoms with Crippen LogP contribution in [0.5, 0.6) is 0 Å². The Labute approximate surface area is 148 Å². The Hall–Kier alpha value is -1.36. The summed E-state index contributed by atoms with van der Waals surface area (Å²) in [5.74, 6) is 1.12. The molecule has 0 N–H and O–H groups in total. The average molecular weight is 340 g/mol. The van der Waals surface area contributed by atoms with Crippen molar-refractivity contribution in [3.05, 3.63) is 65.5 Å². The number of hydrogen-bond donors (Lipinski definition) is 0. The fraction of sp³-hybridized carbons (Fsp3) is 0.450. The Bertz CT molecular complexity index is 668. The van der Waals surface area contributed by atoms with Gasteiger partial charge in [0.2, 0.25) is 0 Å². The quantitative estimate of drug-likeness (QED) is 0.829. The van der Waals surface area contributed by atoms with E-state index in [9.17, 15) is 0 Å². The molecule has 3 heterocycles. The molecule has 0 bridgehead atoms. The number of hydrogen-bond acceptors (Lipinski definition) is 4. The van der Waals surface area contributed by atoms with Gasteiger partial charge in [-0.25, -0.2) is 0 Å². The van der Waals surface area contributed by atoms with Crippen molar-refractivity contribution in [1.82, 2.24) is 9.88 Å². The van der Waals surface area contributed by atoms with Crippen LogP contribution in [-0.2, 0) is 17.9 Å². The van der Waals surface area contributed by atoms with Gasteiger partial charge < -0.3 is 4.74 Å². The molecule has 0 aliphatic carbocycles. The van der Waals surface area contributed by atoms with Crippen LogP contribution >= 0.6 is 11.8 Å². The van der Waals surface area contributed by atoms with E-state index in [1.807, 2.05) is 12.3 Å². The molecule has 4 rings (SSSR count). The van der Waals surface area contributed by atoms with Crippen molar-refractivity contribution in [2.75, 3.05) is 18.8 Å². The molecule has 1 spiro atoms. The van der Waals surface area contributed by atoms with Gasteiger partial charge in [0.25, 0.3) is 0 Å². The molecule has 0 radical (unpaired) electrons. The zero-order chi connectivity index (χ0) is 16.4. The van der Waals surface area contributed by atoms with Gasteiger partial charge in [0.05, 0.1) is 12.7 Å². The Morgan fingerprint density at radius 3 is 2.79 bits per heavy atom. The van der Waals surface area contributed by atoms with E-state index in [-0.39, 0.29) is 0 Å². The average Bonchev–Trinajstić information content (AvgIpc) is 3.00. The Balaban J connectivity index is 1.23. The van der Waals surface area contributed by atoms with Gasteiger partial charge in [0, 0.05) is 42.5 Å². The van der Waals surface area contributed by atoms with Crippen molar-refractivity contribution in [3.63, 3.8) is 0 Å². The van der Waals surface area contributed by atoms with Crippen molar-refractivity contribution in [2.45, 2.75) is 37.3 Å². The summed E-state index contributed by atoms with van der Waals surface area (Å²) >= 11 is 2.11. The maximum Gasteiger partial charge on any atom is 0.0736 e. The van der Waals surface area contributed by atoms with Crippen LogP contribution in [-0.4, -0.2) is 39.6 Å². The summed E-state index contributed by atoms with van der Waals surface area (Å²) in [6.45, 7) is 6.28. The fourth-order valence-corrected chi connectivity index (χ4v) is 5.26. The molecule has 2 saturated heterocycles. The van der Waals surface area contributed by atoms with E-state index < -0.39 is 0 Å². The summed E-state index contributed by atoms with van der Waals surface area (Å²) in [5.41, 5.74) is 3.92. The van der Waals surface area contributed by atoms with Crippen molar-refractivity contribution in [3.8, 4) is 0 Å². The largest absolute Gasteiger partial charge is 0.373 e. The maximum absolute atomic E-state index is 6.11. The molecule has 0 saturated carbocycles. The van der Waals surface area contributed by atoms with Crippen molar-refractivity contribution < 1.29 is 4.74 Å². The van der Waals surface area contributed by atoms with E-state index in [0.717, 1.165) is 17.9 Å². The molecule has 1 atom stereocenters. The zero-order valence-corrected chi connectivity index (χ0v) is 15.0. The molecule has 1 aromatic heterocycles.